The first kappa shape index (κ1) is 25.4. The van der Waals surface area contributed by atoms with Gasteiger partial charge < -0.3 is 14.8 Å². The van der Waals surface area contributed by atoms with Crippen LogP contribution in [0.3, 0.4) is 0 Å². The van der Waals surface area contributed by atoms with Crippen molar-refractivity contribution in [2.75, 3.05) is 24.8 Å². The molecule has 1 atom stereocenters. The number of anilines is 1. The van der Waals surface area contributed by atoms with Gasteiger partial charge in [0.25, 0.3) is 5.56 Å². The molecule has 192 valence electrons. The summed E-state index contributed by atoms with van der Waals surface area (Å²) in [7, 11) is 1.60. The molecule has 9 heteroatoms. The Hall–Kier alpha value is -3.30. The van der Waals surface area contributed by atoms with E-state index in [0.29, 0.717) is 34.4 Å². The molecular formula is C28H29N3O4S2. The van der Waals surface area contributed by atoms with Crippen LogP contribution in [0.25, 0.3) is 15.9 Å². The van der Waals surface area contributed by atoms with Crippen LogP contribution in [-0.4, -0.2) is 34.9 Å². The van der Waals surface area contributed by atoms with E-state index in [0.717, 1.165) is 41.2 Å². The van der Waals surface area contributed by atoms with Crippen LogP contribution in [0, 0.1) is 5.92 Å². The van der Waals surface area contributed by atoms with Crippen molar-refractivity contribution in [1.29, 1.82) is 0 Å². The number of hydrogen-bond acceptors (Lipinski definition) is 7. The summed E-state index contributed by atoms with van der Waals surface area (Å²) >= 11 is 2.87. The average molecular weight is 536 g/mol. The molecule has 0 saturated heterocycles. The molecular weight excluding hydrogens is 506 g/mol. The second-order valence-corrected chi connectivity index (χ2v) is 11.1. The van der Waals surface area contributed by atoms with Crippen molar-refractivity contribution >= 4 is 44.9 Å². The number of carbonyl (C=O) groups is 1. The predicted octanol–water partition coefficient (Wildman–Crippen LogP) is 5.71. The van der Waals surface area contributed by atoms with Crippen molar-refractivity contribution in [3.63, 3.8) is 0 Å². The molecule has 0 aliphatic heterocycles. The van der Waals surface area contributed by atoms with Crippen molar-refractivity contribution in [1.82, 2.24) is 9.55 Å². The highest BCUT2D eigenvalue weighted by Gasteiger charge is 2.25. The van der Waals surface area contributed by atoms with Crippen LogP contribution in [0.15, 0.2) is 58.5 Å². The van der Waals surface area contributed by atoms with Gasteiger partial charge in [-0.1, -0.05) is 18.7 Å². The topological polar surface area (TPSA) is 82.4 Å². The average Bonchev–Trinajstić information content (AvgIpc) is 3.26. The number of nitrogens with one attached hydrogen (secondary N) is 1. The molecule has 4 aromatic rings. The molecule has 0 spiro atoms. The maximum Gasteiger partial charge on any atom is 0.267 e. The molecule has 37 heavy (non-hydrogen) atoms. The van der Waals surface area contributed by atoms with Gasteiger partial charge in [0.1, 0.15) is 16.3 Å². The lowest BCUT2D eigenvalue weighted by atomic mass is 9.89. The van der Waals surface area contributed by atoms with Gasteiger partial charge in [0, 0.05) is 10.6 Å². The second kappa shape index (κ2) is 11.0. The number of ether oxygens (including phenoxy) is 2. The molecule has 0 radical (unpaired) electrons. The Morgan fingerprint density at radius 3 is 2.59 bits per heavy atom. The maximum absolute atomic E-state index is 13.9. The van der Waals surface area contributed by atoms with E-state index in [2.05, 4.69) is 12.2 Å². The van der Waals surface area contributed by atoms with Crippen molar-refractivity contribution < 1.29 is 14.3 Å². The van der Waals surface area contributed by atoms with Crippen LogP contribution in [0.4, 0.5) is 5.69 Å². The lowest BCUT2D eigenvalue weighted by molar-refractivity contribution is -0.113. The summed E-state index contributed by atoms with van der Waals surface area (Å²) in [6.07, 6.45) is 2.95. The van der Waals surface area contributed by atoms with Gasteiger partial charge in [0.05, 0.1) is 30.5 Å². The summed E-state index contributed by atoms with van der Waals surface area (Å²) in [5.74, 6) is 2.00. The monoisotopic (exact) mass is 535 g/mol. The largest absolute Gasteiger partial charge is 0.497 e. The fourth-order valence-corrected chi connectivity index (χ4v) is 6.79. The quantitative estimate of drug-likeness (QED) is 0.230. The fourth-order valence-electron chi connectivity index (χ4n) is 4.56. The molecule has 2 aromatic carbocycles. The number of thiophene rings is 1. The zero-order chi connectivity index (χ0) is 25.9. The number of aromatic nitrogens is 2. The van der Waals surface area contributed by atoms with Crippen molar-refractivity contribution in [2.24, 2.45) is 5.92 Å². The Morgan fingerprint density at radius 2 is 1.89 bits per heavy atom. The van der Waals surface area contributed by atoms with E-state index >= 15 is 0 Å². The van der Waals surface area contributed by atoms with E-state index in [1.54, 1.807) is 47.3 Å². The molecule has 1 aliphatic rings. The van der Waals surface area contributed by atoms with Crippen LogP contribution in [0.2, 0.25) is 0 Å². The third kappa shape index (κ3) is 5.38. The number of benzene rings is 2. The van der Waals surface area contributed by atoms with E-state index in [9.17, 15) is 9.59 Å². The molecule has 1 N–H and O–H groups in total. The molecule has 7 nitrogen and oxygen atoms in total. The van der Waals surface area contributed by atoms with E-state index in [1.165, 1.54) is 16.6 Å². The predicted molar refractivity (Wildman–Crippen MR) is 150 cm³/mol. The number of nitrogens with zero attached hydrogens (tertiary/aromatic N) is 2. The summed E-state index contributed by atoms with van der Waals surface area (Å²) in [6.45, 7) is 4.75. The molecule has 5 rings (SSSR count). The fraction of sp³-hybridized carbons (Fsp3) is 0.321. The second-order valence-electron chi connectivity index (χ2n) is 9.06. The van der Waals surface area contributed by atoms with Crippen molar-refractivity contribution in [3.8, 4) is 17.2 Å². The zero-order valence-electron chi connectivity index (χ0n) is 21.1. The number of fused-ring (bicyclic) bond motifs is 3. The van der Waals surface area contributed by atoms with Gasteiger partial charge >= 0.3 is 0 Å². The number of carbonyl (C=O) groups excluding carboxylic acids is 1. The third-order valence-corrected chi connectivity index (χ3v) is 8.50. The van der Waals surface area contributed by atoms with Gasteiger partial charge in [-0.2, -0.15) is 0 Å². The van der Waals surface area contributed by atoms with Crippen LogP contribution < -0.4 is 20.3 Å². The van der Waals surface area contributed by atoms with Gasteiger partial charge in [-0.25, -0.2) is 4.98 Å². The summed E-state index contributed by atoms with van der Waals surface area (Å²) in [5, 5.41) is 4.11. The standard InChI is InChI=1S/C28H29N3O4S2/c1-4-35-21-12-8-19(9-13-21)31-27(33)25-22-14-5-17(2)15-23(22)37-26(25)30-28(31)36-16-24(32)29-18-6-10-20(34-3)11-7-18/h6-13,17H,4-5,14-16H2,1-3H3,(H,29,32). The van der Waals surface area contributed by atoms with Gasteiger partial charge in [-0.05, 0) is 86.2 Å². The van der Waals surface area contributed by atoms with Crippen LogP contribution in [0.5, 0.6) is 11.5 Å². The molecule has 2 aromatic heterocycles. The lowest BCUT2D eigenvalue weighted by Gasteiger charge is -2.18. The molecule has 1 amide bonds. The minimum atomic E-state index is -0.179. The zero-order valence-corrected chi connectivity index (χ0v) is 22.7. The number of aryl methyl sites for hydroxylation is 1. The summed E-state index contributed by atoms with van der Waals surface area (Å²) in [6, 6.07) is 14.6. The van der Waals surface area contributed by atoms with Crippen molar-refractivity contribution in [3.05, 3.63) is 69.3 Å². The van der Waals surface area contributed by atoms with Crippen LogP contribution in [0.1, 0.15) is 30.7 Å². The number of thioether (sulfide) groups is 1. The summed E-state index contributed by atoms with van der Waals surface area (Å²) < 4.78 is 12.4. The number of rotatable bonds is 8. The van der Waals surface area contributed by atoms with Crippen LogP contribution in [-0.2, 0) is 17.6 Å². The van der Waals surface area contributed by atoms with E-state index < -0.39 is 0 Å². The van der Waals surface area contributed by atoms with Gasteiger partial charge in [-0.3, -0.25) is 14.2 Å². The SMILES string of the molecule is CCOc1ccc(-n2c(SCC(=O)Nc3ccc(OC)cc3)nc3sc4c(c3c2=O)CCC(C)C4)cc1. The molecule has 1 unspecified atom stereocenters. The Balaban J connectivity index is 1.49. The van der Waals surface area contributed by atoms with E-state index in [-0.39, 0.29) is 17.2 Å². The Labute approximate surface area is 223 Å². The highest BCUT2D eigenvalue weighted by Crippen LogP contribution is 2.37. The smallest absolute Gasteiger partial charge is 0.267 e. The lowest BCUT2D eigenvalue weighted by Crippen LogP contribution is -2.23. The van der Waals surface area contributed by atoms with E-state index in [1.807, 2.05) is 31.2 Å². The Morgan fingerprint density at radius 1 is 1.16 bits per heavy atom. The minimum absolute atomic E-state index is 0.0840. The minimum Gasteiger partial charge on any atom is -0.497 e. The maximum atomic E-state index is 13.9. The number of amides is 1. The Kier molecular flexibility index (Phi) is 7.53. The van der Waals surface area contributed by atoms with E-state index in [4.69, 9.17) is 14.5 Å². The summed E-state index contributed by atoms with van der Waals surface area (Å²) in [4.78, 5) is 33.6. The van der Waals surface area contributed by atoms with Crippen molar-refractivity contribution in [2.45, 2.75) is 38.3 Å². The molecule has 0 bridgehead atoms. The normalized spacial score (nSPS) is 14.8. The summed E-state index contributed by atoms with van der Waals surface area (Å²) in [5.41, 5.74) is 2.44. The number of methoxy groups -OCH3 is 1. The van der Waals surface area contributed by atoms with Gasteiger partial charge in [0.15, 0.2) is 5.16 Å². The highest BCUT2D eigenvalue weighted by atomic mass is 32.2. The van der Waals surface area contributed by atoms with Gasteiger partial charge in [0.2, 0.25) is 5.91 Å². The molecule has 2 heterocycles. The van der Waals surface area contributed by atoms with Crippen LogP contribution >= 0.6 is 23.1 Å². The first-order valence-electron chi connectivity index (χ1n) is 12.3. The molecule has 1 aliphatic carbocycles. The number of hydrogen-bond donors (Lipinski definition) is 1. The molecule has 0 fully saturated rings. The Bertz CT molecular complexity index is 1480. The molecule has 0 saturated carbocycles. The highest BCUT2D eigenvalue weighted by molar-refractivity contribution is 7.99. The first-order chi connectivity index (χ1) is 18.0. The third-order valence-electron chi connectivity index (χ3n) is 6.41. The van der Waals surface area contributed by atoms with Gasteiger partial charge in [-0.15, -0.1) is 11.3 Å². The first-order valence-corrected chi connectivity index (χ1v) is 14.1.